The molecule has 0 saturated carbocycles. The number of alkyl halides is 3. The highest BCUT2D eigenvalue weighted by atomic mass is 35.6. The number of carbonyl (C=O) groups is 2. The van der Waals surface area contributed by atoms with Crippen molar-refractivity contribution in [1.82, 2.24) is 0 Å². The van der Waals surface area contributed by atoms with Crippen LogP contribution >= 0.6 is 34.8 Å². The zero-order valence-corrected chi connectivity index (χ0v) is 20.1. The van der Waals surface area contributed by atoms with E-state index in [9.17, 15) is 9.59 Å². The molecular weight excluding hydrogens is 501 g/mol. The number of hydrogen-bond donors (Lipinski definition) is 1. The average Bonchev–Trinajstić information content (AvgIpc) is 2.77. The summed E-state index contributed by atoms with van der Waals surface area (Å²) in [5.41, 5.74) is 0.800. The molecule has 9 nitrogen and oxygen atoms in total. The molecule has 1 N–H and O–H groups in total. The molecule has 1 heterocycles. The molecule has 182 valence electrons. The molecule has 0 spiro atoms. The van der Waals surface area contributed by atoms with Crippen molar-refractivity contribution in [3.63, 3.8) is 0 Å². The molecule has 1 aliphatic rings. The minimum atomic E-state index is -2.23. The summed E-state index contributed by atoms with van der Waals surface area (Å²) in [6.07, 6.45) is -4.95. The second-order valence-electron chi connectivity index (χ2n) is 6.81. The maximum Gasteiger partial charge on any atom is 0.338 e. The lowest BCUT2D eigenvalue weighted by Crippen LogP contribution is -2.63. The third-order valence-electron chi connectivity index (χ3n) is 4.41. The molecule has 0 bridgehead atoms. The molecule has 1 aromatic rings. The van der Waals surface area contributed by atoms with E-state index < -0.39 is 52.3 Å². The van der Waals surface area contributed by atoms with Crippen LogP contribution in [0.4, 0.5) is 0 Å². The molecular formula is C21H24Cl3NO8. The van der Waals surface area contributed by atoms with Gasteiger partial charge in [-0.15, -0.1) is 6.58 Å². The largest absolute Gasteiger partial charge is 0.467 e. The first kappa shape index (κ1) is 27.4. The number of ether oxygens (including phenoxy) is 6. The first-order valence-corrected chi connectivity index (χ1v) is 10.8. The monoisotopic (exact) mass is 523 g/mol. The molecule has 0 aliphatic carbocycles. The van der Waals surface area contributed by atoms with E-state index in [1.807, 2.05) is 30.3 Å². The van der Waals surface area contributed by atoms with Crippen molar-refractivity contribution in [3.05, 3.63) is 48.6 Å². The van der Waals surface area contributed by atoms with Gasteiger partial charge in [-0.2, -0.15) is 0 Å². The van der Waals surface area contributed by atoms with Gasteiger partial charge in [-0.1, -0.05) is 71.2 Å². The van der Waals surface area contributed by atoms with Gasteiger partial charge in [-0.25, -0.2) is 4.79 Å². The van der Waals surface area contributed by atoms with Gasteiger partial charge in [0.2, 0.25) is 12.2 Å². The summed E-state index contributed by atoms with van der Waals surface area (Å²) in [6.45, 7) is 4.85. The summed E-state index contributed by atoms with van der Waals surface area (Å²) in [4.78, 5) is 24.4. The van der Waals surface area contributed by atoms with Crippen LogP contribution in [0.15, 0.2) is 43.0 Å². The topological polar surface area (TPSA) is 113 Å². The zero-order chi connectivity index (χ0) is 24.6. The predicted octanol–water partition coefficient (Wildman–Crippen LogP) is 3.34. The molecule has 0 aromatic heterocycles. The summed E-state index contributed by atoms with van der Waals surface area (Å²) in [5.74, 6) is -2.33. The summed E-state index contributed by atoms with van der Waals surface area (Å²) in [6, 6.07) is 9.13. The second-order valence-corrected chi connectivity index (χ2v) is 9.10. The zero-order valence-electron chi connectivity index (χ0n) is 17.9. The predicted molar refractivity (Wildman–Crippen MR) is 120 cm³/mol. The Hall–Kier alpha value is -1.88. The van der Waals surface area contributed by atoms with Crippen molar-refractivity contribution >= 4 is 52.6 Å². The smallest absolute Gasteiger partial charge is 0.338 e. The van der Waals surface area contributed by atoms with Crippen LogP contribution in [0.3, 0.4) is 0 Å². The van der Waals surface area contributed by atoms with Crippen LogP contribution in [0.1, 0.15) is 12.5 Å². The molecule has 0 radical (unpaired) electrons. The van der Waals surface area contributed by atoms with E-state index in [-0.39, 0.29) is 13.2 Å². The average molecular weight is 525 g/mol. The number of benzene rings is 1. The first-order chi connectivity index (χ1) is 15.6. The number of hydrogen-bond acceptors (Lipinski definition) is 9. The van der Waals surface area contributed by atoms with Crippen LogP contribution in [0.2, 0.25) is 0 Å². The van der Waals surface area contributed by atoms with Gasteiger partial charge in [0.15, 0.2) is 12.2 Å². The van der Waals surface area contributed by atoms with Gasteiger partial charge in [0, 0.05) is 6.92 Å². The molecule has 1 aliphatic heterocycles. The summed E-state index contributed by atoms with van der Waals surface area (Å²) in [5, 5.41) is 7.89. The van der Waals surface area contributed by atoms with Crippen LogP contribution in [-0.2, 0) is 44.6 Å². The van der Waals surface area contributed by atoms with Crippen molar-refractivity contribution in [2.45, 2.75) is 48.0 Å². The lowest BCUT2D eigenvalue weighted by Gasteiger charge is -2.44. The molecule has 2 rings (SSSR count). The Balaban J connectivity index is 2.45. The molecule has 33 heavy (non-hydrogen) atoms. The third kappa shape index (κ3) is 7.84. The van der Waals surface area contributed by atoms with Crippen LogP contribution in [0, 0.1) is 5.41 Å². The Labute approximate surface area is 206 Å². The summed E-state index contributed by atoms with van der Waals surface area (Å²) >= 11 is 17.1. The van der Waals surface area contributed by atoms with E-state index in [4.69, 9.17) is 68.6 Å². The maximum atomic E-state index is 12.5. The number of methoxy groups -OCH3 is 1. The fraction of sp³-hybridized carbons (Fsp3) is 0.476. The Kier molecular flexibility index (Phi) is 10.4. The van der Waals surface area contributed by atoms with Crippen molar-refractivity contribution in [3.8, 4) is 0 Å². The van der Waals surface area contributed by atoms with Gasteiger partial charge < -0.3 is 28.4 Å². The van der Waals surface area contributed by atoms with Gasteiger partial charge in [-0.3, -0.25) is 10.2 Å². The van der Waals surface area contributed by atoms with Gasteiger partial charge in [-0.05, 0) is 5.56 Å². The van der Waals surface area contributed by atoms with Gasteiger partial charge in [0.05, 0.1) is 20.3 Å². The minimum Gasteiger partial charge on any atom is -0.467 e. The third-order valence-corrected chi connectivity index (χ3v) is 4.93. The number of rotatable bonds is 9. The normalized spacial score (nSPS) is 25.1. The Morgan fingerprint density at radius 2 is 1.79 bits per heavy atom. The van der Waals surface area contributed by atoms with Crippen molar-refractivity contribution < 1.29 is 38.0 Å². The Morgan fingerprint density at radius 3 is 2.33 bits per heavy atom. The molecule has 1 saturated heterocycles. The lowest BCUT2D eigenvalue weighted by molar-refractivity contribution is -0.294. The quantitative estimate of drug-likeness (QED) is 0.172. The van der Waals surface area contributed by atoms with Crippen LogP contribution < -0.4 is 0 Å². The van der Waals surface area contributed by atoms with Crippen molar-refractivity contribution in [2.24, 2.45) is 0 Å². The molecule has 5 atom stereocenters. The molecule has 1 aromatic carbocycles. The van der Waals surface area contributed by atoms with Gasteiger partial charge in [0.25, 0.3) is 3.79 Å². The van der Waals surface area contributed by atoms with Crippen LogP contribution in [0.5, 0.6) is 0 Å². The number of esters is 2. The van der Waals surface area contributed by atoms with Gasteiger partial charge in [0.1, 0.15) is 12.2 Å². The molecule has 0 amide bonds. The van der Waals surface area contributed by atoms with Crippen molar-refractivity contribution in [1.29, 1.82) is 5.41 Å². The number of halogens is 3. The van der Waals surface area contributed by atoms with Gasteiger partial charge >= 0.3 is 11.9 Å². The van der Waals surface area contributed by atoms with Crippen LogP contribution in [0.25, 0.3) is 0 Å². The fourth-order valence-corrected chi connectivity index (χ4v) is 3.16. The minimum absolute atomic E-state index is 0.0228. The summed E-state index contributed by atoms with van der Waals surface area (Å²) < 4.78 is 30.8. The van der Waals surface area contributed by atoms with E-state index in [1.54, 1.807) is 0 Å². The highest BCUT2D eigenvalue weighted by molar-refractivity contribution is 6.76. The lowest BCUT2D eigenvalue weighted by atomic mass is 9.97. The Bertz CT molecular complexity index is 833. The fourth-order valence-electron chi connectivity index (χ4n) is 3.03. The molecule has 12 heteroatoms. The maximum absolute atomic E-state index is 12.5. The SMILES string of the molecule is C=CCO[C@H]1[C@H](OCc2ccccc2)[C@@H](OC(C)=O)C(OC(=N)C(Cl)(Cl)Cl)O[C@H]1C(=O)OC. The molecule has 1 unspecified atom stereocenters. The Morgan fingerprint density at radius 1 is 1.12 bits per heavy atom. The van der Waals surface area contributed by atoms with E-state index in [0.29, 0.717) is 0 Å². The first-order valence-electron chi connectivity index (χ1n) is 9.69. The van der Waals surface area contributed by atoms with E-state index in [2.05, 4.69) is 6.58 Å². The summed E-state index contributed by atoms with van der Waals surface area (Å²) in [7, 11) is 1.16. The number of nitrogens with one attached hydrogen (secondary N) is 1. The highest BCUT2D eigenvalue weighted by Crippen LogP contribution is 2.34. The highest BCUT2D eigenvalue weighted by Gasteiger charge is 2.54. The standard InChI is InChI=1S/C21H24Cl3NO8/c1-4-10-29-14-15(30-11-13-8-6-5-7-9-13)17(31-12(2)26)19(32-16(14)18(27)28-3)33-20(25)21(22,23)24/h4-9,14-17,19,25H,1,10-11H2,2-3H3/t14-,15-,16+,17+,19?/m0/s1. The van der Waals surface area contributed by atoms with E-state index >= 15 is 0 Å². The second kappa shape index (κ2) is 12.5. The van der Waals surface area contributed by atoms with Crippen LogP contribution in [-0.4, -0.2) is 66.1 Å². The number of carbonyl (C=O) groups excluding carboxylic acids is 2. The van der Waals surface area contributed by atoms with E-state index in [0.717, 1.165) is 19.6 Å². The van der Waals surface area contributed by atoms with E-state index in [1.165, 1.54) is 6.08 Å². The molecule has 1 fully saturated rings. The van der Waals surface area contributed by atoms with Crippen molar-refractivity contribution in [2.75, 3.05) is 13.7 Å².